The molecule has 0 heterocycles. The Kier molecular flexibility index (Phi) is 2.42. The molecule has 14 heavy (non-hydrogen) atoms. The summed E-state index contributed by atoms with van der Waals surface area (Å²) in [7, 11) is 0. The highest BCUT2D eigenvalue weighted by atomic mass is 16.4. The van der Waals surface area contributed by atoms with Crippen LogP contribution in [-0.2, 0) is 0 Å². The van der Waals surface area contributed by atoms with Crippen molar-refractivity contribution in [1.82, 2.24) is 0 Å². The molecule has 3 N–H and O–H groups in total. The van der Waals surface area contributed by atoms with Crippen molar-refractivity contribution < 1.29 is 24.9 Å². The second-order valence-electron chi connectivity index (χ2n) is 2.82. The molecular weight excluding hydrogens is 188 g/mol. The highest BCUT2D eigenvalue weighted by molar-refractivity contribution is 6.03. The average Bonchev–Trinajstić information content (AvgIpc) is 2.01. The third kappa shape index (κ3) is 1.66. The molecule has 0 bridgehead atoms. The van der Waals surface area contributed by atoms with E-state index in [0.717, 1.165) is 0 Å². The molecule has 1 aromatic carbocycles. The van der Waals surface area contributed by atoms with Crippen molar-refractivity contribution in [3.05, 3.63) is 28.8 Å². The third-order valence-corrected chi connectivity index (χ3v) is 1.71. The van der Waals surface area contributed by atoms with Crippen molar-refractivity contribution in [1.29, 1.82) is 0 Å². The largest absolute Gasteiger partial charge is 0.507 e. The molecular formula is C9H8O5. The molecule has 0 aromatic heterocycles. The molecule has 1 rings (SSSR count). The molecule has 5 nitrogen and oxygen atoms in total. The second-order valence-corrected chi connectivity index (χ2v) is 2.82. The Bertz CT molecular complexity index is 408. The lowest BCUT2D eigenvalue weighted by atomic mass is 10.0. The number of phenols is 1. The van der Waals surface area contributed by atoms with E-state index in [4.69, 9.17) is 10.2 Å². The van der Waals surface area contributed by atoms with Crippen molar-refractivity contribution >= 4 is 11.9 Å². The van der Waals surface area contributed by atoms with Crippen LogP contribution in [0.3, 0.4) is 0 Å². The van der Waals surface area contributed by atoms with Crippen molar-refractivity contribution in [3.63, 3.8) is 0 Å². The Morgan fingerprint density at radius 2 is 1.71 bits per heavy atom. The van der Waals surface area contributed by atoms with Gasteiger partial charge >= 0.3 is 11.9 Å². The molecule has 0 aliphatic carbocycles. The van der Waals surface area contributed by atoms with Crippen LogP contribution in [0.4, 0.5) is 0 Å². The van der Waals surface area contributed by atoms with Crippen LogP contribution in [0, 0.1) is 6.92 Å². The smallest absolute Gasteiger partial charge is 0.340 e. The van der Waals surface area contributed by atoms with Gasteiger partial charge in [-0.3, -0.25) is 0 Å². The first kappa shape index (κ1) is 10.0. The Hall–Kier alpha value is -2.04. The molecule has 0 unspecified atom stereocenters. The van der Waals surface area contributed by atoms with Gasteiger partial charge in [-0.05, 0) is 24.6 Å². The number of carboxylic acids is 2. The number of aromatic hydroxyl groups is 1. The van der Waals surface area contributed by atoms with Gasteiger partial charge in [-0.25, -0.2) is 9.59 Å². The molecule has 1 aromatic rings. The summed E-state index contributed by atoms with van der Waals surface area (Å²) in [5.74, 6) is -3.36. The number of carboxylic acid groups (broad SMARTS) is 2. The molecule has 0 aliphatic heterocycles. The van der Waals surface area contributed by atoms with Crippen LogP contribution >= 0.6 is 0 Å². The van der Waals surface area contributed by atoms with Gasteiger partial charge in [0.05, 0.1) is 5.56 Å². The van der Waals surface area contributed by atoms with Gasteiger partial charge in [0.25, 0.3) is 0 Å². The lowest BCUT2D eigenvalue weighted by molar-refractivity contribution is 0.0648. The Labute approximate surface area is 79.2 Å². The highest BCUT2D eigenvalue weighted by Crippen LogP contribution is 2.23. The maximum atomic E-state index is 10.7. The highest BCUT2D eigenvalue weighted by Gasteiger charge is 2.20. The van der Waals surface area contributed by atoms with E-state index in [-0.39, 0.29) is 0 Å². The summed E-state index contributed by atoms with van der Waals surface area (Å²) < 4.78 is 0. The third-order valence-electron chi connectivity index (χ3n) is 1.71. The summed E-state index contributed by atoms with van der Waals surface area (Å²) in [6.07, 6.45) is 0. The monoisotopic (exact) mass is 196 g/mol. The quantitative estimate of drug-likeness (QED) is 0.658. The summed E-state index contributed by atoms with van der Waals surface area (Å²) in [6.45, 7) is 1.57. The topological polar surface area (TPSA) is 94.8 Å². The minimum Gasteiger partial charge on any atom is -0.507 e. The van der Waals surface area contributed by atoms with Gasteiger partial charge in [-0.2, -0.15) is 0 Å². The van der Waals surface area contributed by atoms with E-state index in [1.54, 1.807) is 6.92 Å². The van der Waals surface area contributed by atoms with Crippen LogP contribution in [0.15, 0.2) is 12.1 Å². The average molecular weight is 196 g/mol. The van der Waals surface area contributed by atoms with Gasteiger partial charge in [0.2, 0.25) is 0 Å². The molecule has 0 saturated heterocycles. The van der Waals surface area contributed by atoms with E-state index in [1.807, 2.05) is 0 Å². The first-order valence-electron chi connectivity index (χ1n) is 3.73. The summed E-state index contributed by atoms with van der Waals surface area (Å²) in [4.78, 5) is 21.3. The zero-order chi connectivity index (χ0) is 10.9. The fraction of sp³-hybridized carbons (Fsp3) is 0.111. The molecule has 74 valence electrons. The number of carbonyl (C=O) groups is 2. The fourth-order valence-corrected chi connectivity index (χ4v) is 1.16. The first-order chi connectivity index (χ1) is 6.43. The summed E-state index contributed by atoms with van der Waals surface area (Å²) >= 11 is 0. The van der Waals surface area contributed by atoms with Gasteiger partial charge < -0.3 is 15.3 Å². The summed E-state index contributed by atoms with van der Waals surface area (Å²) in [5, 5.41) is 26.6. The van der Waals surface area contributed by atoms with Crippen molar-refractivity contribution in [2.75, 3.05) is 0 Å². The molecule has 0 fully saturated rings. The molecule has 0 aliphatic rings. The lowest BCUT2D eigenvalue weighted by Crippen LogP contribution is -2.08. The van der Waals surface area contributed by atoms with Gasteiger partial charge in [0.15, 0.2) is 0 Å². The molecule has 5 heteroatoms. The predicted molar refractivity (Wildman–Crippen MR) is 46.8 cm³/mol. The number of aryl methyl sites for hydroxylation is 1. The SMILES string of the molecule is Cc1cc(O)c(C(=O)O)c(C(=O)O)c1. The minimum atomic E-state index is -1.46. The van der Waals surface area contributed by atoms with Crippen molar-refractivity contribution in [3.8, 4) is 5.75 Å². The van der Waals surface area contributed by atoms with Gasteiger partial charge in [-0.1, -0.05) is 0 Å². The van der Waals surface area contributed by atoms with E-state index < -0.39 is 28.8 Å². The molecule has 0 radical (unpaired) electrons. The molecule has 0 amide bonds. The van der Waals surface area contributed by atoms with E-state index in [1.165, 1.54) is 12.1 Å². The van der Waals surface area contributed by atoms with Crippen LogP contribution in [0.5, 0.6) is 5.75 Å². The molecule has 0 saturated carbocycles. The van der Waals surface area contributed by atoms with E-state index in [0.29, 0.717) is 5.56 Å². The van der Waals surface area contributed by atoms with Gasteiger partial charge in [0.1, 0.15) is 11.3 Å². The van der Waals surface area contributed by atoms with Gasteiger partial charge in [0, 0.05) is 0 Å². The Morgan fingerprint density at radius 1 is 1.14 bits per heavy atom. The minimum absolute atomic E-state index is 0.407. The van der Waals surface area contributed by atoms with Crippen LogP contribution < -0.4 is 0 Å². The van der Waals surface area contributed by atoms with E-state index in [9.17, 15) is 14.7 Å². The summed E-state index contributed by atoms with van der Waals surface area (Å²) in [5.41, 5.74) is -0.497. The number of rotatable bonds is 2. The van der Waals surface area contributed by atoms with E-state index in [2.05, 4.69) is 0 Å². The maximum Gasteiger partial charge on any atom is 0.340 e. The van der Waals surface area contributed by atoms with Crippen LogP contribution in [0.25, 0.3) is 0 Å². The second kappa shape index (κ2) is 3.37. The molecule has 0 spiro atoms. The van der Waals surface area contributed by atoms with E-state index >= 15 is 0 Å². The number of aromatic carboxylic acids is 2. The van der Waals surface area contributed by atoms with Gasteiger partial charge in [-0.15, -0.1) is 0 Å². The van der Waals surface area contributed by atoms with Crippen molar-refractivity contribution in [2.24, 2.45) is 0 Å². The zero-order valence-electron chi connectivity index (χ0n) is 7.31. The number of benzene rings is 1. The normalized spacial score (nSPS) is 9.79. The maximum absolute atomic E-state index is 10.7. The number of hydrogen-bond acceptors (Lipinski definition) is 3. The van der Waals surface area contributed by atoms with Crippen molar-refractivity contribution in [2.45, 2.75) is 6.92 Å². The van der Waals surface area contributed by atoms with Crippen LogP contribution in [0.1, 0.15) is 26.3 Å². The Morgan fingerprint density at radius 3 is 2.14 bits per heavy atom. The first-order valence-corrected chi connectivity index (χ1v) is 3.73. The van der Waals surface area contributed by atoms with Crippen LogP contribution in [0.2, 0.25) is 0 Å². The fourth-order valence-electron chi connectivity index (χ4n) is 1.16. The predicted octanol–water partition coefficient (Wildman–Crippen LogP) is 1.10. The Balaban J connectivity index is 3.52. The lowest BCUT2D eigenvalue weighted by Gasteiger charge is -2.05. The molecule has 0 atom stereocenters. The number of hydrogen-bond donors (Lipinski definition) is 3. The zero-order valence-corrected chi connectivity index (χ0v) is 7.31. The van der Waals surface area contributed by atoms with Crippen LogP contribution in [-0.4, -0.2) is 27.3 Å². The summed E-state index contributed by atoms with van der Waals surface area (Å²) in [6, 6.07) is 2.40. The standard InChI is InChI=1S/C9H8O5/c1-4-2-5(8(11)12)7(9(13)14)6(10)3-4/h2-3,10H,1H3,(H,11,12)(H,13,14).